The number of hydrogen-bond acceptors (Lipinski definition) is 3. The Kier molecular flexibility index (Phi) is 2.52. The average molecular weight is 230 g/mol. The average Bonchev–Trinajstić information content (AvgIpc) is 2.79. The highest BCUT2D eigenvalue weighted by molar-refractivity contribution is 5.79. The lowest BCUT2D eigenvalue weighted by Gasteiger charge is -2.39. The zero-order chi connectivity index (χ0) is 11.8. The van der Waals surface area contributed by atoms with Crippen molar-refractivity contribution in [1.29, 1.82) is 0 Å². The third-order valence-corrected chi connectivity index (χ3v) is 3.73. The molecule has 1 N–H and O–H groups in total. The summed E-state index contributed by atoms with van der Waals surface area (Å²) in [5.74, 6) is 0. The second-order valence-corrected chi connectivity index (χ2v) is 4.88. The highest BCUT2D eigenvalue weighted by Gasteiger charge is 2.20. The largest absolute Gasteiger partial charge is 0.369 e. The fraction of sp³-hybridized carbons (Fsp3) is 0.462. The standard InChI is InChI=1S/C13H18N4/c1-10-8-17(6-5-16(10)2)11-3-4-12-13(7-11)15-9-14-12/h3-4,7,9-10H,5-6,8H2,1-2H3,(H,14,15)/t10-/m0/s1. The molecule has 0 saturated carbocycles. The summed E-state index contributed by atoms with van der Waals surface area (Å²) >= 11 is 0. The van der Waals surface area contributed by atoms with Gasteiger partial charge in [-0.25, -0.2) is 4.98 Å². The predicted molar refractivity (Wildman–Crippen MR) is 70.4 cm³/mol. The lowest BCUT2D eigenvalue weighted by Crippen LogP contribution is -2.50. The van der Waals surface area contributed by atoms with Gasteiger partial charge in [-0.1, -0.05) is 0 Å². The fourth-order valence-corrected chi connectivity index (χ4v) is 2.40. The van der Waals surface area contributed by atoms with Crippen LogP contribution in [0.1, 0.15) is 6.92 Å². The van der Waals surface area contributed by atoms with Crippen LogP contribution in [0.3, 0.4) is 0 Å². The van der Waals surface area contributed by atoms with Gasteiger partial charge in [-0.2, -0.15) is 0 Å². The molecular formula is C13H18N4. The number of aromatic nitrogens is 2. The Morgan fingerprint density at radius 1 is 1.35 bits per heavy atom. The molecule has 0 bridgehead atoms. The maximum Gasteiger partial charge on any atom is 0.0931 e. The summed E-state index contributed by atoms with van der Waals surface area (Å²) in [6.07, 6.45) is 1.75. The van der Waals surface area contributed by atoms with Crippen LogP contribution in [0.15, 0.2) is 24.5 Å². The molecule has 1 aliphatic heterocycles. The molecule has 4 heteroatoms. The van der Waals surface area contributed by atoms with Crippen molar-refractivity contribution in [3.8, 4) is 0 Å². The normalized spacial score (nSPS) is 22.2. The number of piperazine rings is 1. The Labute approximate surface area is 101 Å². The first-order valence-electron chi connectivity index (χ1n) is 6.12. The van der Waals surface area contributed by atoms with Crippen molar-refractivity contribution in [2.75, 3.05) is 31.6 Å². The second kappa shape index (κ2) is 4.04. The first kappa shape index (κ1) is 10.6. The summed E-state index contributed by atoms with van der Waals surface area (Å²) in [5.41, 5.74) is 3.45. The molecular weight excluding hydrogens is 212 g/mol. The number of imidazole rings is 1. The number of nitrogens with one attached hydrogen (secondary N) is 1. The van der Waals surface area contributed by atoms with E-state index in [0.29, 0.717) is 6.04 Å². The molecule has 1 aromatic carbocycles. The van der Waals surface area contributed by atoms with Crippen LogP contribution >= 0.6 is 0 Å². The lowest BCUT2D eigenvalue weighted by atomic mass is 10.1. The van der Waals surface area contributed by atoms with Gasteiger partial charge in [-0.3, -0.25) is 0 Å². The highest BCUT2D eigenvalue weighted by Crippen LogP contribution is 2.22. The molecule has 0 unspecified atom stereocenters. The summed E-state index contributed by atoms with van der Waals surface area (Å²) in [7, 11) is 2.19. The van der Waals surface area contributed by atoms with Gasteiger partial charge in [0.2, 0.25) is 0 Å². The quantitative estimate of drug-likeness (QED) is 0.810. The Balaban J connectivity index is 1.88. The van der Waals surface area contributed by atoms with Crippen LogP contribution < -0.4 is 4.90 Å². The lowest BCUT2D eigenvalue weighted by molar-refractivity contribution is 0.234. The maximum absolute atomic E-state index is 4.25. The van der Waals surface area contributed by atoms with Crippen molar-refractivity contribution >= 4 is 16.7 Å². The van der Waals surface area contributed by atoms with E-state index in [9.17, 15) is 0 Å². The monoisotopic (exact) mass is 230 g/mol. The fourth-order valence-electron chi connectivity index (χ4n) is 2.40. The number of H-pyrrole nitrogens is 1. The van der Waals surface area contributed by atoms with Crippen molar-refractivity contribution in [2.24, 2.45) is 0 Å². The minimum atomic E-state index is 0.612. The summed E-state index contributed by atoms with van der Waals surface area (Å²) in [6, 6.07) is 7.06. The zero-order valence-corrected chi connectivity index (χ0v) is 10.3. The molecule has 1 aliphatic rings. The van der Waals surface area contributed by atoms with Crippen LogP contribution in [0.2, 0.25) is 0 Å². The third kappa shape index (κ3) is 1.89. The second-order valence-electron chi connectivity index (χ2n) is 4.88. The molecule has 1 aromatic heterocycles. The molecule has 90 valence electrons. The SMILES string of the molecule is C[C@H]1CN(c2ccc3nc[nH]c3c2)CCN1C. The number of nitrogens with zero attached hydrogens (tertiary/aromatic N) is 3. The summed E-state index contributed by atoms with van der Waals surface area (Å²) in [4.78, 5) is 12.3. The minimum absolute atomic E-state index is 0.612. The summed E-state index contributed by atoms with van der Waals surface area (Å²) in [6.45, 7) is 5.60. The highest BCUT2D eigenvalue weighted by atomic mass is 15.3. The van der Waals surface area contributed by atoms with Crippen LogP contribution in [0, 0.1) is 0 Å². The number of benzene rings is 1. The van der Waals surface area contributed by atoms with Gasteiger partial charge in [0, 0.05) is 31.4 Å². The molecule has 0 aliphatic carbocycles. The van der Waals surface area contributed by atoms with Gasteiger partial charge < -0.3 is 14.8 Å². The first-order chi connectivity index (χ1) is 8.24. The smallest absolute Gasteiger partial charge is 0.0931 e. The van der Waals surface area contributed by atoms with E-state index in [1.54, 1.807) is 6.33 Å². The number of fused-ring (bicyclic) bond motifs is 1. The van der Waals surface area contributed by atoms with Crippen molar-refractivity contribution in [2.45, 2.75) is 13.0 Å². The van der Waals surface area contributed by atoms with Gasteiger partial charge >= 0.3 is 0 Å². The minimum Gasteiger partial charge on any atom is -0.369 e. The molecule has 2 heterocycles. The van der Waals surface area contributed by atoms with Gasteiger partial charge in [0.1, 0.15) is 0 Å². The number of aromatic amines is 1. The van der Waals surface area contributed by atoms with E-state index in [-0.39, 0.29) is 0 Å². The molecule has 1 fully saturated rings. The molecule has 0 spiro atoms. The Morgan fingerprint density at radius 2 is 2.24 bits per heavy atom. The maximum atomic E-state index is 4.25. The van der Waals surface area contributed by atoms with Crippen LogP contribution in [0.5, 0.6) is 0 Å². The Bertz CT molecular complexity index is 519. The van der Waals surface area contributed by atoms with Crippen LogP contribution in [-0.4, -0.2) is 47.6 Å². The van der Waals surface area contributed by atoms with Crippen molar-refractivity contribution in [1.82, 2.24) is 14.9 Å². The van der Waals surface area contributed by atoms with Crippen LogP contribution in [0.25, 0.3) is 11.0 Å². The topological polar surface area (TPSA) is 35.2 Å². The number of rotatable bonds is 1. The predicted octanol–water partition coefficient (Wildman–Crippen LogP) is 1.70. The molecule has 1 atom stereocenters. The van der Waals surface area contributed by atoms with Gasteiger partial charge in [-0.15, -0.1) is 0 Å². The van der Waals surface area contributed by atoms with E-state index < -0.39 is 0 Å². The van der Waals surface area contributed by atoms with E-state index in [2.05, 4.69) is 51.9 Å². The number of hydrogen-bond donors (Lipinski definition) is 1. The summed E-state index contributed by atoms with van der Waals surface area (Å²) < 4.78 is 0. The number of likely N-dealkylation sites (N-methyl/N-ethyl adjacent to an activating group) is 1. The molecule has 3 rings (SSSR count). The Hall–Kier alpha value is -1.55. The summed E-state index contributed by atoms with van der Waals surface area (Å²) in [5, 5.41) is 0. The van der Waals surface area contributed by atoms with Crippen LogP contribution in [0.4, 0.5) is 5.69 Å². The van der Waals surface area contributed by atoms with Gasteiger partial charge in [0.15, 0.2) is 0 Å². The van der Waals surface area contributed by atoms with E-state index in [1.807, 2.05) is 0 Å². The van der Waals surface area contributed by atoms with Gasteiger partial charge in [-0.05, 0) is 32.2 Å². The van der Waals surface area contributed by atoms with E-state index in [1.165, 1.54) is 5.69 Å². The molecule has 1 saturated heterocycles. The van der Waals surface area contributed by atoms with Crippen LogP contribution in [-0.2, 0) is 0 Å². The first-order valence-corrected chi connectivity index (χ1v) is 6.12. The third-order valence-electron chi connectivity index (χ3n) is 3.73. The van der Waals surface area contributed by atoms with Crippen molar-refractivity contribution in [3.05, 3.63) is 24.5 Å². The van der Waals surface area contributed by atoms with E-state index >= 15 is 0 Å². The Morgan fingerprint density at radius 3 is 3.06 bits per heavy atom. The van der Waals surface area contributed by atoms with Gasteiger partial charge in [0.25, 0.3) is 0 Å². The van der Waals surface area contributed by atoms with E-state index in [0.717, 1.165) is 30.7 Å². The molecule has 2 aromatic rings. The molecule has 0 amide bonds. The van der Waals surface area contributed by atoms with Crippen molar-refractivity contribution < 1.29 is 0 Å². The zero-order valence-electron chi connectivity index (χ0n) is 10.3. The van der Waals surface area contributed by atoms with Crippen molar-refractivity contribution in [3.63, 3.8) is 0 Å². The number of anilines is 1. The van der Waals surface area contributed by atoms with E-state index in [4.69, 9.17) is 0 Å². The molecule has 17 heavy (non-hydrogen) atoms. The molecule has 0 radical (unpaired) electrons. The van der Waals surface area contributed by atoms with Gasteiger partial charge in [0.05, 0.1) is 17.4 Å². The molecule has 4 nitrogen and oxygen atoms in total.